The van der Waals surface area contributed by atoms with Crippen molar-refractivity contribution in [3.05, 3.63) is 10.2 Å². The minimum absolute atomic E-state index is 0.0790. The Balaban J connectivity index is 2.25. The van der Waals surface area contributed by atoms with Gasteiger partial charge in [-0.15, -0.1) is 0 Å². The topological polar surface area (TPSA) is 59.1 Å². The standard InChI is InChI=1S/C8H11ClN2O2S2/c1-4-3-6(4)11-15(12,13)7-5(2)10-8(9)14-7/h4,6,11H,3H2,1-2H3. The summed E-state index contributed by atoms with van der Waals surface area (Å²) in [5.41, 5.74) is 0.464. The number of nitrogens with one attached hydrogen (secondary N) is 1. The summed E-state index contributed by atoms with van der Waals surface area (Å²) in [4.78, 5) is 3.89. The van der Waals surface area contributed by atoms with Crippen LogP contribution in [0.25, 0.3) is 0 Å². The molecule has 0 aliphatic heterocycles. The summed E-state index contributed by atoms with van der Waals surface area (Å²) in [7, 11) is -3.42. The van der Waals surface area contributed by atoms with E-state index in [1.807, 2.05) is 6.92 Å². The molecule has 0 radical (unpaired) electrons. The largest absolute Gasteiger partial charge is 0.252 e. The second kappa shape index (κ2) is 3.69. The van der Waals surface area contributed by atoms with Crippen LogP contribution in [0.15, 0.2) is 4.21 Å². The summed E-state index contributed by atoms with van der Waals surface area (Å²) in [5.74, 6) is 0.434. The Morgan fingerprint density at radius 2 is 2.20 bits per heavy atom. The van der Waals surface area contributed by atoms with E-state index in [4.69, 9.17) is 11.6 Å². The zero-order chi connectivity index (χ0) is 11.2. The number of hydrogen-bond acceptors (Lipinski definition) is 4. The molecule has 1 fully saturated rings. The van der Waals surface area contributed by atoms with Crippen LogP contribution < -0.4 is 4.72 Å². The molecule has 1 aromatic rings. The van der Waals surface area contributed by atoms with Gasteiger partial charge in [-0.1, -0.05) is 29.9 Å². The van der Waals surface area contributed by atoms with Gasteiger partial charge in [0.05, 0.1) is 5.69 Å². The first-order valence-electron chi connectivity index (χ1n) is 4.55. The van der Waals surface area contributed by atoms with Gasteiger partial charge in [-0.3, -0.25) is 0 Å². The van der Waals surface area contributed by atoms with Crippen LogP contribution in [-0.2, 0) is 10.0 Å². The van der Waals surface area contributed by atoms with Crippen molar-refractivity contribution in [1.82, 2.24) is 9.71 Å². The highest BCUT2D eigenvalue weighted by Crippen LogP contribution is 2.33. The van der Waals surface area contributed by atoms with Crippen molar-refractivity contribution in [2.24, 2.45) is 5.92 Å². The third-order valence-corrected chi connectivity index (χ3v) is 5.75. The first-order valence-corrected chi connectivity index (χ1v) is 7.23. The Morgan fingerprint density at radius 1 is 1.60 bits per heavy atom. The third kappa shape index (κ3) is 2.33. The molecule has 2 rings (SSSR count). The predicted molar refractivity (Wildman–Crippen MR) is 59.8 cm³/mol. The Morgan fingerprint density at radius 3 is 2.60 bits per heavy atom. The highest BCUT2D eigenvalue weighted by molar-refractivity contribution is 7.91. The molecule has 0 aromatic carbocycles. The van der Waals surface area contributed by atoms with Crippen LogP contribution in [-0.4, -0.2) is 19.4 Å². The lowest BCUT2D eigenvalue weighted by Gasteiger charge is -2.03. The zero-order valence-electron chi connectivity index (χ0n) is 8.32. The molecule has 2 atom stereocenters. The van der Waals surface area contributed by atoms with Gasteiger partial charge in [0, 0.05) is 6.04 Å². The van der Waals surface area contributed by atoms with Crippen LogP contribution in [0, 0.1) is 12.8 Å². The summed E-state index contributed by atoms with van der Waals surface area (Å²) in [6.45, 7) is 3.66. The first-order chi connectivity index (χ1) is 6.90. The molecule has 84 valence electrons. The van der Waals surface area contributed by atoms with Crippen LogP contribution in [0.4, 0.5) is 0 Å². The van der Waals surface area contributed by atoms with E-state index >= 15 is 0 Å². The first kappa shape index (κ1) is 11.3. The zero-order valence-corrected chi connectivity index (χ0v) is 10.7. The maximum atomic E-state index is 11.9. The number of rotatable bonds is 3. The van der Waals surface area contributed by atoms with Crippen LogP contribution in [0.2, 0.25) is 4.47 Å². The molecule has 1 aromatic heterocycles. The molecule has 1 aliphatic carbocycles. The Hall–Kier alpha value is -0.170. The van der Waals surface area contributed by atoms with E-state index in [-0.39, 0.29) is 14.7 Å². The van der Waals surface area contributed by atoms with E-state index in [0.717, 1.165) is 17.8 Å². The number of halogens is 1. The van der Waals surface area contributed by atoms with Gasteiger partial charge in [-0.05, 0) is 19.3 Å². The van der Waals surface area contributed by atoms with Gasteiger partial charge in [-0.2, -0.15) is 0 Å². The second-order valence-electron chi connectivity index (χ2n) is 3.78. The molecular formula is C8H11ClN2O2S2. The highest BCUT2D eigenvalue weighted by atomic mass is 35.5. The monoisotopic (exact) mass is 266 g/mol. The van der Waals surface area contributed by atoms with Crippen molar-refractivity contribution < 1.29 is 8.42 Å². The molecule has 2 unspecified atom stereocenters. The quantitative estimate of drug-likeness (QED) is 0.907. The minimum atomic E-state index is -3.42. The number of nitrogens with zero attached hydrogens (tertiary/aromatic N) is 1. The Kier molecular flexibility index (Phi) is 2.79. The SMILES string of the molecule is Cc1nc(Cl)sc1S(=O)(=O)NC1CC1C. The summed E-state index contributed by atoms with van der Waals surface area (Å²) >= 11 is 6.66. The summed E-state index contributed by atoms with van der Waals surface area (Å²) < 4.78 is 26.8. The molecule has 1 aliphatic rings. The van der Waals surface area contributed by atoms with Crippen molar-refractivity contribution in [1.29, 1.82) is 0 Å². The average molecular weight is 267 g/mol. The molecular weight excluding hydrogens is 256 g/mol. The molecule has 0 bridgehead atoms. The van der Waals surface area contributed by atoms with Gasteiger partial charge in [-0.25, -0.2) is 18.1 Å². The van der Waals surface area contributed by atoms with E-state index in [1.165, 1.54) is 0 Å². The molecule has 1 heterocycles. The smallest absolute Gasteiger partial charge is 0.229 e. The molecule has 1 N–H and O–H groups in total. The number of thiazole rings is 1. The predicted octanol–water partition coefficient (Wildman–Crippen LogP) is 1.79. The fraction of sp³-hybridized carbons (Fsp3) is 0.625. The average Bonchev–Trinajstić information content (AvgIpc) is 2.62. The number of aryl methyl sites for hydroxylation is 1. The second-order valence-corrected chi connectivity index (χ2v) is 7.27. The van der Waals surface area contributed by atoms with Crippen molar-refractivity contribution in [2.75, 3.05) is 0 Å². The van der Waals surface area contributed by atoms with E-state index in [1.54, 1.807) is 6.92 Å². The van der Waals surface area contributed by atoms with Gasteiger partial charge in [0.1, 0.15) is 0 Å². The van der Waals surface area contributed by atoms with E-state index in [0.29, 0.717) is 11.6 Å². The van der Waals surface area contributed by atoms with Crippen molar-refractivity contribution in [2.45, 2.75) is 30.5 Å². The maximum Gasteiger partial charge on any atom is 0.252 e. The van der Waals surface area contributed by atoms with E-state index in [2.05, 4.69) is 9.71 Å². The molecule has 1 saturated carbocycles. The fourth-order valence-corrected chi connectivity index (χ4v) is 4.45. The normalized spacial score (nSPS) is 25.5. The Labute approximate surface area is 97.7 Å². The van der Waals surface area contributed by atoms with Gasteiger partial charge in [0.15, 0.2) is 8.68 Å². The van der Waals surface area contributed by atoms with Crippen molar-refractivity contribution >= 4 is 33.0 Å². The minimum Gasteiger partial charge on any atom is -0.229 e. The number of hydrogen-bond donors (Lipinski definition) is 1. The van der Waals surface area contributed by atoms with Crippen LogP contribution in [0.5, 0.6) is 0 Å². The van der Waals surface area contributed by atoms with Crippen LogP contribution in [0.1, 0.15) is 19.0 Å². The summed E-state index contributed by atoms with van der Waals surface area (Å²) in [5, 5.41) is 0. The highest BCUT2D eigenvalue weighted by Gasteiger charge is 2.37. The van der Waals surface area contributed by atoms with Crippen molar-refractivity contribution in [3.63, 3.8) is 0 Å². The lowest BCUT2D eigenvalue weighted by Crippen LogP contribution is -2.26. The molecule has 7 heteroatoms. The van der Waals surface area contributed by atoms with Gasteiger partial charge in [0.25, 0.3) is 10.0 Å². The molecule has 0 saturated heterocycles. The van der Waals surface area contributed by atoms with Crippen LogP contribution in [0.3, 0.4) is 0 Å². The summed E-state index contributed by atoms with van der Waals surface area (Å²) in [6, 6.07) is 0.0790. The van der Waals surface area contributed by atoms with Gasteiger partial charge >= 0.3 is 0 Å². The van der Waals surface area contributed by atoms with Crippen LogP contribution >= 0.6 is 22.9 Å². The lowest BCUT2D eigenvalue weighted by atomic mass is 10.5. The number of sulfonamides is 1. The Bertz CT molecular complexity index is 483. The molecule has 0 amide bonds. The van der Waals surface area contributed by atoms with Gasteiger partial charge < -0.3 is 0 Å². The lowest BCUT2D eigenvalue weighted by molar-refractivity contribution is 0.579. The molecule has 4 nitrogen and oxygen atoms in total. The maximum absolute atomic E-state index is 11.9. The molecule has 15 heavy (non-hydrogen) atoms. The molecule has 0 spiro atoms. The van der Waals surface area contributed by atoms with E-state index < -0.39 is 10.0 Å². The fourth-order valence-electron chi connectivity index (χ4n) is 1.34. The number of aromatic nitrogens is 1. The van der Waals surface area contributed by atoms with Gasteiger partial charge in [0.2, 0.25) is 0 Å². The third-order valence-electron chi connectivity index (χ3n) is 2.39. The van der Waals surface area contributed by atoms with E-state index in [9.17, 15) is 8.42 Å². The summed E-state index contributed by atoms with van der Waals surface area (Å²) in [6.07, 6.45) is 0.908. The van der Waals surface area contributed by atoms with Crippen molar-refractivity contribution in [3.8, 4) is 0 Å².